The van der Waals surface area contributed by atoms with Gasteiger partial charge in [-0.3, -0.25) is 25.3 Å². The van der Waals surface area contributed by atoms with E-state index in [2.05, 4.69) is 148 Å². The molecule has 2 aliphatic heterocycles. The third kappa shape index (κ3) is 10.6. The molecule has 0 aromatic heterocycles. The summed E-state index contributed by atoms with van der Waals surface area (Å²) in [5.74, 6) is 0. The molecule has 5 aromatic carbocycles. The molecule has 5 aromatic rings. The molecule has 0 bridgehead atoms. The lowest BCUT2D eigenvalue weighted by molar-refractivity contribution is -0.438. The van der Waals surface area contributed by atoms with Gasteiger partial charge in [0.15, 0.2) is 35.2 Å². The van der Waals surface area contributed by atoms with Crippen LogP contribution in [0.2, 0.25) is 0 Å². The van der Waals surface area contributed by atoms with Crippen molar-refractivity contribution in [2.45, 2.75) is 112 Å². The van der Waals surface area contributed by atoms with E-state index in [-0.39, 0.29) is 10.8 Å². The minimum Gasteiger partial charge on any atom is -0.344 e. The molecule has 0 spiro atoms. The lowest BCUT2D eigenvalue weighted by Crippen LogP contribution is -2.47. The van der Waals surface area contributed by atoms with Gasteiger partial charge in [0.25, 0.3) is 0 Å². The fourth-order valence-electron chi connectivity index (χ4n) is 10.3. The largest absolute Gasteiger partial charge is 0.470 e. The number of nitrogens with zero attached hydrogens (tertiary/aromatic N) is 2. The summed E-state index contributed by atoms with van der Waals surface area (Å²) in [5, 5.41) is 5.05. The molecule has 0 amide bonds. The van der Waals surface area contributed by atoms with Crippen molar-refractivity contribution in [3.63, 3.8) is 0 Å². The maximum absolute atomic E-state index is 14.8. The molecule has 10 nitrogen and oxygen atoms in total. The lowest BCUT2D eigenvalue weighted by atomic mass is 9.79. The average Bonchev–Trinajstić information content (AvgIpc) is 4.13. The smallest absolute Gasteiger partial charge is 0.344 e. The number of fused-ring (bicyclic) bond motifs is 6. The molecule has 2 heterocycles. The summed E-state index contributed by atoms with van der Waals surface area (Å²) in [7, 11) is -27.9. The quantitative estimate of drug-likeness (QED) is 0.0603. The summed E-state index contributed by atoms with van der Waals surface area (Å²) in [6.45, 7) is 15.6. The molecule has 0 saturated heterocycles. The molecule has 23 heteroatoms. The van der Waals surface area contributed by atoms with Gasteiger partial charge in [-0.1, -0.05) is 125 Å². The molecule has 0 saturated carbocycles. The van der Waals surface area contributed by atoms with Crippen LogP contribution < -0.4 is 4.90 Å². The van der Waals surface area contributed by atoms with Crippen LogP contribution in [-0.4, -0.2) is 73.6 Å². The Morgan fingerprint density at radius 3 is 1.60 bits per heavy atom. The van der Waals surface area contributed by atoms with E-state index in [0.29, 0.717) is 22.6 Å². The van der Waals surface area contributed by atoms with Crippen LogP contribution in [0.4, 0.5) is 50.9 Å². The summed E-state index contributed by atoms with van der Waals surface area (Å²) in [6.07, 6.45) is 14.4. The number of allylic oxidation sites excluding steroid dienone is 7. The number of unbranched alkanes of at least 4 members (excludes halogenated alkanes) is 2. The number of alkyl halides is 9. The highest BCUT2D eigenvalue weighted by Gasteiger charge is 2.63. The maximum atomic E-state index is 14.8. The number of hydrogen-bond acceptors (Lipinski definition) is 9. The van der Waals surface area contributed by atoms with Crippen LogP contribution in [-0.2, 0) is 50.2 Å². The van der Waals surface area contributed by atoms with Crippen molar-refractivity contribution >= 4 is 78.0 Å². The second kappa shape index (κ2) is 21.4. The minimum absolute atomic E-state index is 0.268. The van der Waals surface area contributed by atoms with E-state index in [1.165, 1.54) is 55.5 Å². The van der Waals surface area contributed by atoms with E-state index >= 15 is 0 Å². The Balaban J connectivity index is 0.000000340. The second-order valence-corrected chi connectivity index (χ2v) is 28.1. The fourth-order valence-corrected chi connectivity index (χ4v) is 17.9. The van der Waals surface area contributed by atoms with Gasteiger partial charge in [-0.25, -0.2) is 8.42 Å². The van der Waals surface area contributed by atoms with E-state index in [4.69, 9.17) is 0 Å². The highest BCUT2D eigenvalue weighted by molar-refractivity contribution is 8.29. The molecule has 3 aliphatic rings. The molecule has 0 unspecified atom stereocenters. The third-order valence-electron chi connectivity index (χ3n) is 14.0. The van der Waals surface area contributed by atoms with Gasteiger partial charge in [0.1, 0.15) is 6.54 Å². The monoisotopic (exact) mass is 1170 g/mol. The highest BCUT2D eigenvalue weighted by atomic mass is 32.3. The van der Waals surface area contributed by atoms with Gasteiger partial charge in [-0.2, -0.15) is 44.1 Å². The van der Waals surface area contributed by atoms with Crippen LogP contribution in [0.25, 0.3) is 21.5 Å². The number of sulfone groups is 4. The van der Waals surface area contributed by atoms with Crippen molar-refractivity contribution in [2.75, 3.05) is 18.0 Å². The van der Waals surface area contributed by atoms with E-state index in [9.17, 15) is 73.2 Å². The average molecular weight is 1170 g/mol. The highest BCUT2D eigenvalue weighted by Crippen LogP contribution is 2.52. The minimum atomic E-state index is -8.02. The fraction of sp³-hybridized carbons (Fsp3) is 0.345. The van der Waals surface area contributed by atoms with Gasteiger partial charge >= 0.3 is 16.5 Å². The Morgan fingerprint density at radius 2 is 1.08 bits per heavy atom. The predicted molar refractivity (Wildman–Crippen MR) is 284 cm³/mol. The zero-order chi connectivity index (χ0) is 57.8. The Labute approximate surface area is 448 Å². The van der Waals surface area contributed by atoms with Crippen molar-refractivity contribution in [3.05, 3.63) is 164 Å². The number of rotatable bonds is 14. The van der Waals surface area contributed by atoms with Gasteiger partial charge in [0.05, 0.1) is 19.1 Å². The van der Waals surface area contributed by atoms with E-state index < -0.39 is 59.8 Å². The Morgan fingerprint density at radius 1 is 0.577 bits per heavy atom. The molecule has 0 fully saturated rings. The van der Waals surface area contributed by atoms with Gasteiger partial charge in [-0.05, 0) is 102 Å². The van der Waals surface area contributed by atoms with E-state index in [0.717, 1.165) is 49.9 Å². The van der Waals surface area contributed by atoms with Crippen molar-refractivity contribution < 1.29 is 77.8 Å². The molecular formula is C55H55F9N2O8S4. The van der Waals surface area contributed by atoms with Crippen molar-refractivity contribution in [1.29, 1.82) is 0 Å². The summed E-state index contributed by atoms with van der Waals surface area (Å²) < 4.78 is 199. The molecule has 0 radical (unpaired) electrons. The number of anilines is 1. The summed E-state index contributed by atoms with van der Waals surface area (Å²) in [4.78, 5) is 3.27. The van der Waals surface area contributed by atoms with Gasteiger partial charge < -0.3 is 4.90 Å². The van der Waals surface area contributed by atoms with E-state index in [1.807, 2.05) is 18.2 Å². The molecule has 0 atom stereocenters. The Bertz CT molecular complexity index is 3700. The van der Waals surface area contributed by atoms with Crippen LogP contribution in [0.1, 0.15) is 91.2 Å². The predicted octanol–water partition coefficient (Wildman–Crippen LogP) is 13.9. The molecular weight excluding hydrogens is 1120 g/mol. The normalized spacial score (nSPS) is 18.2. The third-order valence-corrected chi connectivity index (χ3v) is 23.1. The topological polar surface area (TPSA) is 143 Å². The molecule has 0 N–H and O–H groups in total. The molecule has 420 valence electrons. The Hall–Kier alpha value is -5.78. The number of halogens is 9. The second-order valence-electron chi connectivity index (χ2n) is 19.9. The first-order chi connectivity index (χ1) is 36.1. The summed E-state index contributed by atoms with van der Waals surface area (Å²) in [5.41, 5.74) is -12.3. The zero-order valence-electron chi connectivity index (χ0n) is 43.0. The number of hydrogen-bond donors (Lipinski definition) is 0. The van der Waals surface area contributed by atoms with Crippen LogP contribution >= 0.6 is 0 Å². The van der Waals surface area contributed by atoms with Gasteiger partial charge in [0.2, 0.25) is 15.5 Å². The van der Waals surface area contributed by atoms with E-state index in [1.54, 1.807) is 12.1 Å². The van der Waals surface area contributed by atoms with Gasteiger partial charge in [0, 0.05) is 47.5 Å². The maximum Gasteiger partial charge on any atom is 0.470 e. The summed E-state index contributed by atoms with van der Waals surface area (Å²) in [6, 6.07) is 35.4. The molecule has 8 rings (SSSR count). The van der Waals surface area contributed by atoms with Crippen LogP contribution in [0.3, 0.4) is 0 Å². The van der Waals surface area contributed by atoms with Crippen molar-refractivity contribution in [1.82, 2.24) is 0 Å². The standard InChI is InChI=1S/C51H55N2O2S.C4F9O6S3/c1-7-9-34-52-43-30-26-36-18-14-16-22-41(36)47(43)50(3,4)45(52)32-28-38-24-25-39(49(38)56(54,55)40-20-12-11-13-21-40)29-33-46-51(5,6)48-42-23-17-15-19-37(42)27-31-44(48)53(46)35-10-8-2;5-2(6,7)20(14,15)1(21(16,17)3(8,9)10)22(18,19)4(11,12)13/h11-23,26-33H,7-10,24-25,34-35H2,1-6H3;/q+1;-1. The molecule has 78 heavy (non-hydrogen) atoms. The molecule has 1 aliphatic carbocycles. The van der Waals surface area contributed by atoms with Crippen LogP contribution in [0.5, 0.6) is 0 Å². The number of benzene rings is 5. The van der Waals surface area contributed by atoms with Crippen molar-refractivity contribution in [3.8, 4) is 0 Å². The Kier molecular flexibility index (Phi) is 16.4. The summed E-state index contributed by atoms with van der Waals surface area (Å²) >= 11 is 0. The van der Waals surface area contributed by atoms with Crippen LogP contribution in [0, 0.1) is 3.91 Å². The van der Waals surface area contributed by atoms with Crippen molar-refractivity contribution in [2.24, 2.45) is 0 Å². The van der Waals surface area contributed by atoms with Crippen LogP contribution in [0.15, 0.2) is 154 Å². The lowest BCUT2D eigenvalue weighted by Gasteiger charge is -2.31. The first-order valence-electron chi connectivity index (χ1n) is 24.5. The SMILES string of the molecule is CCCCN1C(=CC=C2CCC(C=CC3=[N+](CCCC)c4ccc5ccccc5c4C3(C)C)=C2S(=O)(=O)c2ccccc2)C(C)(C)c2c1ccc1ccccc21.O=S(=O)([C-](S(=O)(=O)C(F)(F)F)S(=O)(=O)C(F)(F)F)C(F)(F)F. The van der Waals surface area contributed by atoms with Gasteiger partial charge in [-0.15, -0.1) is 0 Å². The zero-order valence-corrected chi connectivity index (χ0v) is 46.2. The first kappa shape index (κ1) is 59.9. The first-order valence-corrected chi connectivity index (χ1v) is 30.5.